The predicted molar refractivity (Wildman–Crippen MR) is 110 cm³/mol. The second-order valence-electron chi connectivity index (χ2n) is 10.9. The average molecular weight is 433 g/mol. The van der Waals surface area contributed by atoms with Gasteiger partial charge in [-0.3, -0.25) is 19.2 Å². The lowest BCUT2D eigenvalue weighted by molar-refractivity contribution is -0.236. The second-order valence-corrected chi connectivity index (χ2v) is 10.9. The normalized spacial score (nSPS) is 45.5. The van der Waals surface area contributed by atoms with Gasteiger partial charge in [0.25, 0.3) is 0 Å². The third-order valence-corrected chi connectivity index (χ3v) is 8.78. The number of ketones is 2. The van der Waals surface area contributed by atoms with Gasteiger partial charge >= 0.3 is 11.9 Å². The van der Waals surface area contributed by atoms with Gasteiger partial charge < -0.3 is 14.6 Å². The Hall–Kier alpha value is -2.02. The van der Waals surface area contributed by atoms with E-state index in [0.29, 0.717) is 31.3 Å². The van der Waals surface area contributed by atoms with Crippen LogP contribution in [0.15, 0.2) is 12.2 Å². The maximum Gasteiger partial charge on any atom is 0.303 e. The van der Waals surface area contributed by atoms with E-state index in [2.05, 4.69) is 6.58 Å². The van der Waals surface area contributed by atoms with Crippen molar-refractivity contribution in [1.29, 1.82) is 0 Å². The maximum absolute atomic E-state index is 14.0. The number of allylic oxidation sites excluding steroid dienone is 1. The fourth-order valence-corrected chi connectivity index (χ4v) is 7.85. The number of aliphatic hydroxyl groups excluding tert-OH is 1. The van der Waals surface area contributed by atoms with Gasteiger partial charge in [-0.1, -0.05) is 27.4 Å². The van der Waals surface area contributed by atoms with E-state index in [0.717, 1.165) is 0 Å². The molecular formula is C24H32O7. The van der Waals surface area contributed by atoms with E-state index >= 15 is 0 Å². The van der Waals surface area contributed by atoms with E-state index in [1.54, 1.807) is 0 Å². The number of ether oxygens (including phenoxy) is 2. The SMILES string of the molecule is C=C1C(=O)[C@]23C[C@H]1C[C@H](OC(C)=O)[C@H]2[C@]1(C)CC[C@H](O)C(C)(C)[C@H]1C(=O)[C@@H]3OC(C)=O. The van der Waals surface area contributed by atoms with Crippen molar-refractivity contribution in [2.45, 2.75) is 78.6 Å². The van der Waals surface area contributed by atoms with Crippen LogP contribution in [0.3, 0.4) is 0 Å². The second kappa shape index (κ2) is 6.74. The smallest absolute Gasteiger partial charge is 0.303 e. The van der Waals surface area contributed by atoms with E-state index in [9.17, 15) is 24.3 Å². The first-order chi connectivity index (χ1) is 14.3. The molecule has 7 heteroatoms. The van der Waals surface area contributed by atoms with Gasteiger partial charge in [0.1, 0.15) is 6.10 Å². The predicted octanol–water partition coefficient (Wildman–Crippen LogP) is 2.39. The summed E-state index contributed by atoms with van der Waals surface area (Å²) < 4.78 is 11.4. The molecule has 0 aromatic heterocycles. The number of Topliss-reactive ketones (excluding diaryl/α,β-unsaturated/α-hetero) is 2. The van der Waals surface area contributed by atoms with Crippen LogP contribution in [0, 0.1) is 34.0 Å². The van der Waals surface area contributed by atoms with Crippen molar-refractivity contribution >= 4 is 23.5 Å². The Morgan fingerprint density at radius 1 is 1.10 bits per heavy atom. The number of rotatable bonds is 2. The zero-order chi connectivity index (χ0) is 23.1. The summed E-state index contributed by atoms with van der Waals surface area (Å²) in [6.07, 6.45) is -0.766. The molecule has 0 aromatic carbocycles. The van der Waals surface area contributed by atoms with Crippen LogP contribution in [0.1, 0.15) is 60.3 Å². The molecule has 2 bridgehead atoms. The van der Waals surface area contributed by atoms with Crippen molar-refractivity contribution in [3.05, 3.63) is 12.2 Å². The van der Waals surface area contributed by atoms with Crippen LogP contribution >= 0.6 is 0 Å². The first-order valence-corrected chi connectivity index (χ1v) is 11.1. The molecule has 4 aliphatic rings. The van der Waals surface area contributed by atoms with Crippen molar-refractivity contribution < 1.29 is 33.8 Å². The lowest BCUT2D eigenvalue weighted by atomic mass is 9.39. The summed E-state index contributed by atoms with van der Waals surface area (Å²) in [7, 11) is 0. The number of fused-ring (bicyclic) bond motifs is 3. The molecule has 0 saturated heterocycles. The van der Waals surface area contributed by atoms with Crippen molar-refractivity contribution in [2.75, 3.05) is 0 Å². The van der Waals surface area contributed by atoms with E-state index in [4.69, 9.17) is 9.47 Å². The Morgan fingerprint density at radius 2 is 1.71 bits per heavy atom. The Balaban J connectivity index is 1.98. The van der Waals surface area contributed by atoms with Gasteiger partial charge in [-0.05, 0) is 42.6 Å². The Labute approximate surface area is 182 Å². The molecule has 4 rings (SSSR count). The molecule has 0 heterocycles. The van der Waals surface area contributed by atoms with Crippen molar-refractivity contribution in [2.24, 2.45) is 34.0 Å². The van der Waals surface area contributed by atoms with Crippen molar-refractivity contribution in [3.8, 4) is 0 Å². The number of hydrogen-bond acceptors (Lipinski definition) is 7. The molecule has 0 radical (unpaired) electrons. The van der Waals surface area contributed by atoms with Crippen LogP contribution in [-0.2, 0) is 28.7 Å². The van der Waals surface area contributed by atoms with E-state index in [1.165, 1.54) is 13.8 Å². The van der Waals surface area contributed by atoms with E-state index in [1.807, 2.05) is 20.8 Å². The molecule has 4 aliphatic carbocycles. The van der Waals surface area contributed by atoms with Gasteiger partial charge in [0.15, 0.2) is 17.7 Å². The molecule has 1 spiro atoms. The Kier molecular flexibility index (Phi) is 4.82. The molecule has 31 heavy (non-hydrogen) atoms. The highest BCUT2D eigenvalue weighted by Crippen LogP contribution is 2.71. The van der Waals surface area contributed by atoms with Crippen molar-refractivity contribution in [1.82, 2.24) is 0 Å². The number of hydrogen-bond donors (Lipinski definition) is 1. The highest BCUT2D eigenvalue weighted by atomic mass is 16.6. The summed E-state index contributed by atoms with van der Waals surface area (Å²) in [6, 6.07) is 0. The summed E-state index contributed by atoms with van der Waals surface area (Å²) in [6.45, 7) is 12.2. The van der Waals surface area contributed by atoms with Crippen LogP contribution in [0.25, 0.3) is 0 Å². The Bertz CT molecular complexity index is 888. The first kappa shape index (κ1) is 22.2. The van der Waals surface area contributed by atoms with Crippen LogP contribution in [0.4, 0.5) is 0 Å². The lowest BCUT2D eigenvalue weighted by Crippen LogP contribution is -2.72. The average Bonchev–Trinajstić information content (AvgIpc) is 2.83. The monoisotopic (exact) mass is 432 g/mol. The van der Waals surface area contributed by atoms with Crippen LogP contribution in [0.2, 0.25) is 0 Å². The Morgan fingerprint density at radius 3 is 2.29 bits per heavy atom. The highest BCUT2D eigenvalue weighted by molar-refractivity contribution is 6.08. The molecule has 4 saturated carbocycles. The topological polar surface area (TPSA) is 107 Å². The number of esters is 2. The fourth-order valence-electron chi connectivity index (χ4n) is 7.85. The summed E-state index contributed by atoms with van der Waals surface area (Å²) in [4.78, 5) is 51.8. The standard InChI is InChI=1S/C24H32O7/c1-11-14-9-15(30-12(2)25)18-23(6)8-7-16(27)22(4,5)19(23)17(28)21(31-13(3)26)24(18,10-14)20(11)29/h14-16,18-19,21,27H,1,7-10H2,2-6H3/t14-,15+,16+,18+,19-,21+,23+,24+/m1/s1. The third kappa shape index (κ3) is 2.74. The van der Waals surface area contributed by atoms with Crippen LogP contribution in [0.5, 0.6) is 0 Å². The maximum atomic E-state index is 14.0. The fraction of sp³-hybridized carbons (Fsp3) is 0.750. The van der Waals surface area contributed by atoms with Gasteiger partial charge in [-0.15, -0.1) is 0 Å². The van der Waals surface area contributed by atoms with Crippen LogP contribution in [-0.4, -0.2) is 46.9 Å². The molecular weight excluding hydrogens is 400 g/mol. The van der Waals surface area contributed by atoms with Gasteiger partial charge in [-0.25, -0.2) is 0 Å². The van der Waals surface area contributed by atoms with E-state index in [-0.39, 0.29) is 17.5 Å². The molecule has 0 unspecified atom stereocenters. The van der Waals surface area contributed by atoms with Gasteiger partial charge in [0.05, 0.1) is 11.5 Å². The molecule has 0 amide bonds. The summed E-state index contributed by atoms with van der Waals surface area (Å²) >= 11 is 0. The molecule has 8 atom stereocenters. The lowest BCUT2D eigenvalue weighted by Gasteiger charge is -2.65. The van der Waals surface area contributed by atoms with Crippen LogP contribution < -0.4 is 0 Å². The summed E-state index contributed by atoms with van der Waals surface area (Å²) in [5.41, 5.74) is -2.36. The third-order valence-electron chi connectivity index (χ3n) is 8.78. The molecule has 1 N–H and O–H groups in total. The van der Waals surface area contributed by atoms with Gasteiger partial charge in [0.2, 0.25) is 0 Å². The minimum absolute atomic E-state index is 0.221. The minimum Gasteiger partial charge on any atom is -0.462 e. The van der Waals surface area contributed by atoms with Gasteiger partial charge in [0, 0.05) is 31.1 Å². The number of carbonyl (C=O) groups is 4. The number of aliphatic hydroxyl groups is 1. The van der Waals surface area contributed by atoms with Crippen molar-refractivity contribution in [3.63, 3.8) is 0 Å². The molecule has 170 valence electrons. The summed E-state index contributed by atoms with van der Waals surface area (Å²) in [5.74, 6) is -3.04. The summed E-state index contributed by atoms with van der Waals surface area (Å²) in [5, 5.41) is 10.8. The first-order valence-electron chi connectivity index (χ1n) is 11.1. The zero-order valence-electron chi connectivity index (χ0n) is 18.9. The number of carbonyl (C=O) groups excluding carboxylic acids is 4. The quantitative estimate of drug-likeness (QED) is 0.527. The van der Waals surface area contributed by atoms with Gasteiger partial charge in [-0.2, -0.15) is 0 Å². The molecule has 7 nitrogen and oxygen atoms in total. The highest BCUT2D eigenvalue weighted by Gasteiger charge is 2.77. The molecule has 0 aromatic rings. The molecule has 0 aliphatic heterocycles. The molecule has 4 fully saturated rings. The van der Waals surface area contributed by atoms with E-state index < -0.39 is 58.3 Å². The zero-order valence-corrected chi connectivity index (χ0v) is 18.9. The largest absolute Gasteiger partial charge is 0.462 e. The minimum atomic E-state index is -1.29.